The van der Waals surface area contributed by atoms with Gasteiger partial charge in [0.1, 0.15) is 18.2 Å². The number of nitrogens with zero attached hydrogens (tertiary/aromatic N) is 3. The van der Waals surface area contributed by atoms with E-state index in [-0.39, 0.29) is 30.5 Å². The maximum Gasteiger partial charge on any atom is 0.475 e. The molecule has 2 fully saturated rings. The molecule has 188 valence electrons. The van der Waals surface area contributed by atoms with Gasteiger partial charge in [0, 0.05) is 12.1 Å². The minimum Gasteiger partial charge on any atom is -0.447 e. The van der Waals surface area contributed by atoms with Crippen LogP contribution >= 0.6 is 0 Å². The van der Waals surface area contributed by atoms with Gasteiger partial charge >= 0.3 is 13.2 Å². The van der Waals surface area contributed by atoms with Gasteiger partial charge in [-0.25, -0.2) is 4.79 Å². The van der Waals surface area contributed by atoms with Crippen LogP contribution in [0.15, 0.2) is 42.0 Å². The van der Waals surface area contributed by atoms with Gasteiger partial charge in [-0.05, 0) is 70.7 Å². The van der Waals surface area contributed by atoms with Crippen LogP contribution in [0.4, 0.5) is 4.79 Å². The highest BCUT2D eigenvalue weighted by Crippen LogP contribution is 2.26. The second-order valence-electron chi connectivity index (χ2n) is 9.76. The first-order valence-corrected chi connectivity index (χ1v) is 12.2. The highest BCUT2D eigenvalue weighted by atomic mass is 16.5. The lowest BCUT2D eigenvalue weighted by Crippen LogP contribution is -2.49. The number of nitriles is 1. The molecule has 2 atom stereocenters. The van der Waals surface area contributed by atoms with E-state index in [4.69, 9.17) is 4.74 Å². The second kappa shape index (κ2) is 12.2. The highest BCUT2D eigenvalue weighted by Gasteiger charge is 2.35. The summed E-state index contributed by atoms with van der Waals surface area (Å²) in [5.41, 5.74) is 0.539. The summed E-state index contributed by atoms with van der Waals surface area (Å²) in [5, 5.41) is 31.5. The zero-order chi connectivity index (χ0) is 25.4. The molecule has 2 aliphatic rings. The Labute approximate surface area is 207 Å². The molecule has 0 aromatic heterocycles. The fourth-order valence-electron chi connectivity index (χ4n) is 4.77. The Morgan fingerprint density at radius 2 is 1.91 bits per heavy atom. The summed E-state index contributed by atoms with van der Waals surface area (Å²) in [6.07, 6.45) is 4.82. The van der Waals surface area contributed by atoms with Crippen molar-refractivity contribution >= 4 is 19.1 Å². The SMILES string of the molecule is CC(C)(/C=C(\C#N)C(=O)N1CCC[C@@H]1COC(=O)N[C@@H](Cc1ccccc1)B(O)O)N1CCCC1. The zero-order valence-corrected chi connectivity index (χ0v) is 20.5. The molecular weight excluding hydrogens is 447 g/mol. The molecule has 1 aromatic carbocycles. The van der Waals surface area contributed by atoms with Gasteiger partial charge in [-0.2, -0.15) is 5.26 Å². The van der Waals surface area contributed by atoms with Crippen molar-refractivity contribution in [1.29, 1.82) is 5.26 Å². The lowest BCUT2D eigenvalue weighted by molar-refractivity contribution is -0.128. The topological polar surface area (TPSA) is 126 Å². The van der Waals surface area contributed by atoms with Gasteiger partial charge in [0.15, 0.2) is 0 Å². The Morgan fingerprint density at radius 3 is 2.54 bits per heavy atom. The molecule has 2 saturated heterocycles. The number of alkyl carbamates (subject to hydrolysis) is 1. The summed E-state index contributed by atoms with van der Waals surface area (Å²) < 4.78 is 5.34. The van der Waals surface area contributed by atoms with Gasteiger partial charge in [-0.1, -0.05) is 30.3 Å². The summed E-state index contributed by atoms with van der Waals surface area (Å²) in [6, 6.07) is 10.9. The van der Waals surface area contributed by atoms with E-state index in [9.17, 15) is 24.9 Å². The van der Waals surface area contributed by atoms with Crippen LogP contribution in [0.5, 0.6) is 0 Å². The smallest absolute Gasteiger partial charge is 0.447 e. The van der Waals surface area contributed by atoms with Gasteiger partial charge in [0.05, 0.1) is 12.0 Å². The average Bonchev–Trinajstić information content (AvgIpc) is 3.54. The molecular formula is C25H35BN4O5. The van der Waals surface area contributed by atoms with E-state index in [2.05, 4.69) is 16.3 Å². The minimum atomic E-state index is -1.76. The number of hydrogen-bond donors (Lipinski definition) is 3. The lowest BCUT2D eigenvalue weighted by Gasteiger charge is -2.33. The first kappa shape index (κ1) is 26.7. The normalized spacial score (nSPS) is 19.8. The number of benzene rings is 1. The fraction of sp³-hybridized carbons (Fsp3) is 0.560. The molecule has 10 heteroatoms. The second-order valence-corrected chi connectivity index (χ2v) is 9.76. The molecule has 2 aliphatic heterocycles. The lowest BCUT2D eigenvalue weighted by atomic mass is 9.76. The van der Waals surface area contributed by atoms with E-state index in [1.807, 2.05) is 44.2 Å². The van der Waals surface area contributed by atoms with E-state index in [1.165, 1.54) is 0 Å². The number of carbonyl (C=O) groups is 2. The number of likely N-dealkylation sites (tertiary alicyclic amines) is 2. The molecule has 0 aliphatic carbocycles. The van der Waals surface area contributed by atoms with Crippen LogP contribution in [-0.4, -0.2) is 82.7 Å². The molecule has 9 nitrogen and oxygen atoms in total. The maximum atomic E-state index is 13.2. The third-order valence-electron chi connectivity index (χ3n) is 6.78. The van der Waals surface area contributed by atoms with Crippen LogP contribution in [0, 0.1) is 11.3 Å². The molecule has 2 amide bonds. The average molecular weight is 482 g/mol. The Bertz CT molecular complexity index is 941. The van der Waals surface area contributed by atoms with Crippen molar-refractivity contribution in [3.8, 4) is 6.07 Å². The Kier molecular flexibility index (Phi) is 9.32. The summed E-state index contributed by atoms with van der Waals surface area (Å²) in [7, 11) is -1.76. The molecule has 0 saturated carbocycles. The van der Waals surface area contributed by atoms with Crippen molar-refractivity contribution in [2.75, 3.05) is 26.2 Å². The molecule has 3 rings (SSSR count). The van der Waals surface area contributed by atoms with Crippen molar-refractivity contribution in [1.82, 2.24) is 15.1 Å². The number of amides is 2. The fourth-order valence-corrected chi connectivity index (χ4v) is 4.77. The number of nitrogens with one attached hydrogen (secondary N) is 1. The zero-order valence-electron chi connectivity index (χ0n) is 20.5. The van der Waals surface area contributed by atoms with Crippen LogP contribution in [0.1, 0.15) is 45.1 Å². The number of hydrogen-bond acceptors (Lipinski definition) is 7. The van der Waals surface area contributed by atoms with Crippen LogP contribution in [0.3, 0.4) is 0 Å². The van der Waals surface area contributed by atoms with Crippen LogP contribution in [-0.2, 0) is 16.0 Å². The molecule has 1 aromatic rings. The van der Waals surface area contributed by atoms with E-state index in [1.54, 1.807) is 11.0 Å². The Balaban J connectivity index is 1.58. The molecule has 35 heavy (non-hydrogen) atoms. The van der Waals surface area contributed by atoms with Crippen LogP contribution < -0.4 is 5.32 Å². The number of rotatable bonds is 9. The van der Waals surface area contributed by atoms with Crippen LogP contribution in [0.2, 0.25) is 0 Å². The largest absolute Gasteiger partial charge is 0.475 e. The maximum absolute atomic E-state index is 13.2. The summed E-state index contributed by atoms with van der Waals surface area (Å²) in [5.74, 6) is -1.29. The van der Waals surface area contributed by atoms with E-state index >= 15 is 0 Å². The molecule has 0 radical (unpaired) electrons. The van der Waals surface area contributed by atoms with E-state index < -0.39 is 24.7 Å². The van der Waals surface area contributed by atoms with Crippen molar-refractivity contribution in [2.45, 2.75) is 63.5 Å². The minimum absolute atomic E-state index is 0.0363. The first-order chi connectivity index (χ1) is 16.7. The number of ether oxygens (including phenoxy) is 1. The van der Waals surface area contributed by atoms with E-state index in [0.717, 1.165) is 37.9 Å². The quantitative estimate of drug-likeness (QED) is 0.278. The van der Waals surface area contributed by atoms with Crippen molar-refractivity contribution in [3.63, 3.8) is 0 Å². The summed E-state index contributed by atoms with van der Waals surface area (Å²) in [4.78, 5) is 29.4. The van der Waals surface area contributed by atoms with Crippen LogP contribution in [0.25, 0.3) is 0 Å². The van der Waals surface area contributed by atoms with Gasteiger partial charge in [0.25, 0.3) is 5.91 Å². The summed E-state index contributed by atoms with van der Waals surface area (Å²) in [6.45, 7) is 6.37. The Morgan fingerprint density at radius 1 is 1.23 bits per heavy atom. The van der Waals surface area contributed by atoms with Gasteiger partial charge in [-0.15, -0.1) is 0 Å². The summed E-state index contributed by atoms with van der Waals surface area (Å²) >= 11 is 0. The standard InChI is InChI=1S/C25H35BN4O5/c1-25(2,29-12-6-7-13-29)16-20(17-27)23(31)30-14-8-11-21(30)18-35-24(32)28-22(26(33)34)15-19-9-4-3-5-10-19/h3-5,9-10,16,21-22,33-34H,6-8,11-15,18H2,1-2H3,(H,28,32)/b20-16+/t21-,22+/m1/s1. The van der Waals surface area contributed by atoms with Gasteiger partial charge in [-0.3, -0.25) is 9.69 Å². The molecule has 0 unspecified atom stereocenters. The highest BCUT2D eigenvalue weighted by molar-refractivity contribution is 6.43. The molecule has 0 bridgehead atoms. The van der Waals surface area contributed by atoms with Crippen molar-refractivity contribution < 1.29 is 24.4 Å². The van der Waals surface area contributed by atoms with Crippen molar-refractivity contribution in [2.24, 2.45) is 0 Å². The predicted octanol–water partition coefficient (Wildman–Crippen LogP) is 1.65. The third kappa shape index (κ3) is 7.31. The molecule has 0 spiro atoms. The van der Waals surface area contributed by atoms with E-state index in [0.29, 0.717) is 13.0 Å². The van der Waals surface area contributed by atoms with Crippen molar-refractivity contribution in [3.05, 3.63) is 47.5 Å². The van der Waals surface area contributed by atoms with Gasteiger partial charge in [0.2, 0.25) is 0 Å². The molecule has 3 N–H and O–H groups in total. The number of carbonyl (C=O) groups excluding carboxylic acids is 2. The van der Waals surface area contributed by atoms with Gasteiger partial charge < -0.3 is 25.0 Å². The molecule has 2 heterocycles. The Hall–Kier alpha value is -2.87. The third-order valence-corrected chi connectivity index (χ3v) is 6.78. The predicted molar refractivity (Wildman–Crippen MR) is 132 cm³/mol. The monoisotopic (exact) mass is 482 g/mol. The first-order valence-electron chi connectivity index (χ1n) is 12.2.